The largest absolute Gasteiger partial charge is 0.324 e. The Bertz CT molecular complexity index is 6790. The molecule has 0 aliphatic rings. The zero-order chi connectivity index (χ0) is 88.1. The molecule has 0 N–H and O–H groups in total. The van der Waals surface area contributed by atoms with Crippen molar-refractivity contribution in [1.82, 2.24) is 57.3 Å². The number of hydrogen-bond acceptors (Lipinski definition) is 6. The highest BCUT2D eigenvalue weighted by atomic mass is 35.5. The average molecular weight is 1670 g/mol. The quantitative estimate of drug-likeness (QED) is 0.0524. The number of aromatic nitrogens is 12. The molecule has 632 valence electrons. The third-order valence-electron chi connectivity index (χ3n) is 21.3. The molecule has 0 atom stereocenters. The van der Waals surface area contributed by atoms with Gasteiger partial charge in [0.05, 0.1) is 66.2 Å². The topological polar surface area (TPSA) is 107 Å². The lowest BCUT2D eigenvalue weighted by atomic mass is 10.1. The fourth-order valence-corrected chi connectivity index (χ4v) is 14.7. The molecule has 13 heteroatoms. The number of unbranched alkanes of at least 4 members (excludes halogenated alkanes) is 1. The van der Waals surface area contributed by atoms with Crippen molar-refractivity contribution >= 4 is 139 Å². The number of para-hydroxylation sites is 12. The Balaban J connectivity index is 0.000000130. The van der Waals surface area contributed by atoms with Crippen molar-refractivity contribution in [3.63, 3.8) is 0 Å². The van der Waals surface area contributed by atoms with Crippen LogP contribution in [0, 0.1) is 44.4 Å². The molecule has 0 unspecified atom stereocenters. The van der Waals surface area contributed by atoms with Crippen LogP contribution in [0.1, 0.15) is 159 Å². The highest BCUT2D eigenvalue weighted by Gasteiger charge is 2.15. The van der Waals surface area contributed by atoms with Gasteiger partial charge >= 0.3 is 0 Å². The number of halogens is 1. The highest BCUT2D eigenvalue weighted by molar-refractivity contribution is 6.30. The first-order chi connectivity index (χ1) is 61.4. The van der Waals surface area contributed by atoms with Gasteiger partial charge in [-0.3, -0.25) is 0 Å². The van der Waals surface area contributed by atoms with Crippen molar-refractivity contribution in [2.24, 2.45) is 18.9 Å². The third kappa shape index (κ3) is 24.6. The van der Waals surface area contributed by atoms with Crippen LogP contribution in [-0.2, 0) is 33.2 Å². The first-order valence-electron chi connectivity index (χ1n) is 43.7. The minimum absolute atomic E-state index is 0.384. The van der Waals surface area contributed by atoms with Gasteiger partial charge in [0.25, 0.3) is 0 Å². The number of rotatable bonds is 21. The van der Waals surface area contributed by atoms with Crippen molar-refractivity contribution in [3.05, 3.63) is 406 Å². The van der Waals surface area contributed by atoms with Gasteiger partial charge in [-0.15, -0.1) is 6.58 Å². The van der Waals surface area contributed by atoms with Gasteiger partial charge < -0.3 is 27.4 Å². The molecule has 18 aromatic rings. The van der Waals surface area contributed by atoms with E-state index in [9.17, 15) is 0 Å². The van der Waals surface area contributed by atoms with Crippen LogP contribution in [0.4, 0.5) is 0 Å². The zero-order valence-corrected chi connectivity index (χ0v) is 75.1. The van der Waals surface area contributed by atoms with Crippen LogP contribution >= 0.6 is 11.6 Å². The van der Waals surface area contributed by atoms with Crippen molar-refractivity contribution in [2.75, 3.05) is 0 Å². The van der Waals surface area contributed by atoms with Crippen LogP contribution in [0.3, 0.4) is 0 Å². The van der Waals surface area contributed by atoms with Crippen molar-refractivity contribution < 1.29 is 0 Å². The lowest BCUT2D eigenvalue weighted by Gasteiger charge is -2.10. The Hall–Kier alpha value is -14.3. The van der Waals surface area contributed by atoms with Crippen molar-refractivity contribution in [2.45, 2.75) is 121 Å². The van der Waals surface area contributed by atoms with Gasteiger partial charge in [0, 0.05) is 49.9 Å². The van der Waals surface area contributed by atoms with Gasteiger partial charge in [0.15, 0.2) is 5.82 Å². The number of benzene rings is 12. The lowest BCUT2D eigenvalue weighted by Crippen LogP contribution is -2.06. The third-order valence-corrected chi connectivity index (χ3v) is 21.6. The summed E-state index contributed by atoms with van der Waals surface area (Å²) in [5, 5.41) is 0.754. The van der Waals surface area contributed by atoms with E-state index in [2.05, 4.69) is 357 Å². The molecule has 0 saturated carbocycles. The minimum Gasteiger partial charge on any atom is -0.324 e. The summed E-state index contributed by atoms with van der Waals surface area (Å²) in [6, 6.07) is 104. The van der Waals surface area contributed by atoms with Gasteiger partial charge in [0.2, 0.25) is 0 Å². The molecule has 12 aromatic carbocycles. The van der Waals surface area contributed by atoms with E-state index in [1.54, 1.807) is 0 Å². The monoisotopic (exact) mass is 1670 g/mol. The Labute approximate surface area is 748 Å². The molecule has 18 rings (SSSR count). The van der Waals surface area contributed by atoms with E-state index < -0.39 is 0 Å². The van der Waals surface area contributed by atoms with Crippen LogP contribution in [0.5, 0.6) is 0 Å². The Morgan fingerprint density at radius 1 is 0.333 bits per heavy atom. The van der Waals surface area contributed by atoms with E-state index in [1.165, 1.54) is 73.9 Å². The molecule has 0 radical (unpaired) electrons. The molecule has 0 spiro atoms. The standard InChI is InChI=1S/C21H24N2.C20H22N2.C19H19ClN2.C19H20N2.C18H16N2.C16H12N2/c1-16(2)14-15-23-20-7-5-4-6-19(20)22-21(23)13-12-18-10-8-17(3)9-11-18;1-3-4-15-22-19-8-6-5-7-18(19)21-20(22)14-13-17-11-9-16(2)10-12-17;1-14(2)13-22-18-6-4-3-5-17(18)21-19(22)12-9-15-7-10-16(20)11-8-15;1-14(2)21-18-7-5-4-6-17(18)20-19(21)13-12-16-10-8-15(3)9-11-16;1-2-14-20-17-11-7-6-10-16(17)19-18(20)13-12-15-8-4-3-5-9-15;1-18-15-10-6-5-9-14(15)17-16(18)12-11-13-7-3-2-4-8-13/h4-13,16H,14-15H2,1-3H3;5-14H,3-4,15H2,1-2H3;3-12,14H,13H2,1-2H3;4-14H,1-3H3;2-13H,1,14H2;2-10H,1H3/b13-12+;14-13+;12-9+;2*13-12+;. The van der Waals surface area contributed by atoms with Crippen LogP contribution in [0.2, 0.25) is 5.02 Å². The maximum Gasteiger partial charge on any atom is 0.186 e. The fraction of sp³-hybridized carbons (Fsp3) is 0.186. The second-order valence-electron chi connectivity index (χ2n) is 32.5. The summed E-state index contributed by atoms with van der Waals surface area (Å²) in [7, 11) is 1.99. The summed E-state index contributed by atoms with van der Waals surface area (Å²) in [5.74, 6) is 13.3. The first-order valence-corrected chi connectivity index (χ1v) is 44.1. The van der Waals surface area contributed by atoms with E-state index in [1.807, 2.05) is 145 Å². The maximum absolute atomic E-state index is 5.92. The molecular weight excluding hydrogens is 1560 g/mol. The summed E-state index contributed by atoms with van der Waals surface area (Å²) in [5.41, 5.74) is 24.0. The maximum atomic E-state index is 5.92. The van der Waals surface area contributed by atoms with Crippen molar-refractivity contribution in [1.29, 1.82) is 0 Å². The Kier molecular flexibility index (Phi) is 31.8. The predicted octanol–water partition coefficient (Wildman–Crippen LogP) is 28.9. The summed E-state index contributed by atoms with van der Waals surface area (Å²) in [4.78, 5) is 28.3. The molecule has 0 aliphatic heterocycles. The zero-order valence-electron chi connectivity index (χ0n) is 74.4. The van der Waals surface area contributed by atoms with Crippen LogP contribution in [0.15, 0.2) is 316 Å². The van der Waals surface area contributed by atoms with E-state index >= 15 is 0 Å². The van der Waals surface area contributed by atoms with Crippen LogP contribution < -0.4 is 0 Å². The summed E-state index contributed by atoms with van der Waals surface area (Å²) in [6.07, 6.45) is 26.5. The number of imidazole rings is 6. The van der Waals surface area contributed by atoms with Gasteiger partial charge in [0.1, 0.15) is 29.1 Å². The molecule has 0 bridgehead atoms. The molecular formula is C113H113ClN12. The van der Waals surface area contributed by atoms with Gasteiger partial charge in [-0.25, -0.2) is 29.9 Å². The Morgan fingerprint density at radius 3 is 1.08 bits per heavy atom. The number of allylic oxidation sites excluding steroid dienone is 1. The van der Waals surface area contributed by atoms with E-state index in [0.717, 1.165) is 128 Å². The number of hydrogen-bond donors (Lipinski definition) is 0. The van der Waals surface area contributed by atoms with Gasteiger partial charge in [-0.1, -0.05) is 318 Å². The SMILES string of the molecule is C=CCn1c(/C=C/c2ccccc2)nc2ccccc21.CC(C)Cn1c(/C=C/c2ccc(Cl)cc2)nc2ccccc21.CCCCn1c(/C=C/c2ccc(C)cc2)nc2ccccc21.Cc1ccc(/C=C/c2nc3ccccc3n2C(C)C)cc1.Cc1ccc(/C=C/c2nc3ccccc3n2CCC(C)C)cc1.Cn1c(C#Cc2ccccc2)nc2ccccc21. The minimum atomic E-state index is 0.384. The second-order valence-corrected chi connectivity index (χ2v) is 32.9. The summed E-state index contributed by atoms with van der Waals surface area (Å²) in [6.45, 7) is 29.5. The lowest BCUT2D eigenvalue weighted by molar-refractivity contribution is 0.521. The highest BCUT2D eigenvalue weighted by Crippen LogP contribution is 2.28. The summed E-state index contributed by atoms with van der Waals surface area (Å²) < 4.78 is 13.4. The molecule has 0 fully saturated rings. The molecule has 0 aliphatic carbocycles. The number of nitrogens with zero attached hydrogens (tertiary/aromatic N) is 12. The van der Waals surface area contributed by atoms with Crippen LogP contribution in [-0.4, -0.2) is 57.3 Å². The second kappa shape index (κ2) is 44.7. The normalized spacial score (nSPS) is 11.4. The molecule has 6 heterocycles. The van der Waals surface area contributed by atoms with E-state index in [4.69, 9.17) is 31.5 Å². The van der Waals surface area contributed by atoms with Crippen LogP contribution in [0.25, 0.3) is 127 Å². The Morgan fingerprint density at radius 2 is 0.667 bits per heavy atom. The fourth-order valence-electron chi connectivity index (χ4n) is 14.6. The number of fused-ring (bicyclic) bond motifs is 6. The van der Waals surface area contributed by atoms with E-state index in [-0.39, 0.29) is 0 Å². The smallest absolute Gasteiger partial charge is 0.186 e. The predicted molar refractivity (Wildman–Crippen MR) is 538 cm³/mol. The average Bonchev–Trinajstić information content (AvgIpc) is 1.66. The molecule has 12 nitrogen and oxygen atoms in total. The number of aryl methyl sites for hydroxylation is 6. The van der Waals surface area contributed by atoms with Crippen molar-refractivity contribution in [3.8, 4) is 11.8 Å². The van der Waals surface area contributed by atoms with E-state index in [0.29, 0.717) is 17.9 Å². The van der Waals surface area contributed by atoms with Gasteiger partial charge in [-0.05, 0) is 220 Å². The molecule has 0 amide bonds. The molecule has 6 aromatic heterocycles. The van der Waals surface area contributed by atoms with Gasteiger partial charge in [-0.2, -0.15) is 0 Å². The molecule has 126 heavy (non-hydrogen) atoms. The molecule has 0 saturated heterocycles. The summed E-state index contributed by atoms with van der Waals surface area (Å²) >= 11 is 5.92. The first kappa shape index (κ1) is 89.5.